The Morgan fingerprint density at radius 3 is 2.80 bits per heavy atom. The van der Waals surface area contributed by atoms with Gasteiger partial charge in [0.1, 0.15) is 5.52 Å². The van der Waals surface area contributed by atoms with Gasteiger partial charge in [0.25, 0.3) is 0 Å². The molecule has 0 amide bonds. The van der Waals surface area contributed by atoms with Crippen LogP contribution in [0.1, 0.15) is 38.0 Å². The van der Waals surface area contributed by atoms with Crippen LogP contribution in [-0.2, 0) is 11.2 Å². The molecule has 0 saturated heterocycles. The van der Waals surface area contributed by atoms with E-state index in [0.717, 1.165) is 41.3 Å². The molecule has 1 aliphatic carbocycles. The van der Waals surface area contributed by atoms with Crippen LogP contribution in [0.5, 0.6) is 0 Å². The van der Waals surface area contributed by atoms with Crippen LogP contribution in [0.2, 0.25) is 0 Å². The van der Waals surface area contributed by atoms with Crippen LogP contribution in [0, 0.1) is 5.41 Å². The molecule has 2 aromatic rings. The molecule has 3 rings (SSSR count). The molecule has 0 bridgehead atoms. The highest BCUT2D eigenvalue weighted by Crippen LogP contribution is 2.44. The minimum atomic E-state index is -0.732. The first-order valence-electron chi connectivity index (χ1n) is 6.84. The number of carbonyl (C=O) groups is 1. The lowest BCUT2D eigenvalue weighted by Gasteiger charge is -2.25. The summed E-state index contributed by atoms with van der Waals surface area (Å²) in [7, 11) is 0. The average molecular weight is 338 g/mol. The molecule has 1 aromatic heterocycles. The third-order valence-electron chi connectivity index (χ3n) is 4.13. The molecule has 0 atom stereocenters. The van der Waals surface area contributed by atoms with Gasteiger partial charge in [-0.3, -0.25) is 4.79 Å². The van der Waals surface area contributed by atoms with E-state index in [1.807, 2.05) is 18.2 Å². The van der Waals surface area contributed by atoms with Crippen molar-refractivity contribution in [2.24, 2.45) is 5.41 Å². The van der Waals surface area contributed by atoms with E-state index in [4.69, 9.17) is 9.52 Å². The van der Waals surface area contributed by atoms with Gasteiger partial charge in [0.2, 0.25) is 0 Å². The number of hydrogen-bond donors (Lipinski definition) is 1. The fourth-order valence-electron chi connectivity index (χ4n) is 3.22. The molecule has 20 heavy (non-hydrogen) atoms. The number of aliphatic carboxylic acids is 1. The normalized spacial score (nSPS) is 17.6. The van der Waals surface area contributed by atoms with E-state index >= 15 is 0 Å². The molecule has 1 N–H and O–H groups in total. The SMILES string of the molecule is O=C(O)CC1(Cc2nc3cccc(Br)c3o2)CCCC1. The molecule has 0 spiro atoms. The van der Waals surface area contributed by atoms with Crippen molar-refractivity contribution in [1.82, 2.24) is 4.98 Å². The van der Waals surface area contributed by atoms with Gasteiger partial charge in [-0.2, -0.15) is 0 Å². The monoisotopic (exact) mass is 337 g/mol. The van der Waals surface area contributed by atoms with Gasteiger partial charge in [-0.1, -0.05) is 18.9 Å². The zero-order chi connectivity index (χ0) is 14.2. The van der Waals surface area contributed by atoms with Gasteiger partial charge < -0.3 is 9.52 Å². The Morgan fingerprint density at radius 1 is 1.40 bits per heavy atom. The summed E-state index contributed by atoms with van der Waals surface area (Å²) in [4.78, 5) is 15.6. The quantitative estimate of drug-likeness (QED) is 0.909. The van der Waals surface area contributed by atoms with E-state index in [9.17, 15) is 4.79 Å². The molecule has 0 aliphatic heterocycles. The topological polar surface area (TPSA) is 63.3 Å². The van der Waals surface area contributed by atoms with E-state index in [0.29, 0.717) is 12.3 Å². The summed E-state index contributed by atoms with van der Waals surface area (Å²) in [6.45, 7) is 0. The summed E-state index contributed by atoms with van der Waals surface area (Å²) in [6, 6.07) is 5.74. The Hall–Kier alpha value is -1.36. The van der Waals surface area contributed by atoms with Crippen LogP contribution >= 0.6 is 15.9 Å². The largest absolute Gasteiger partial charge is 0.481 e. The first-order chi connectivity index (χ1) is 9.58. The molecule has 0 unspecified atom stereocenters. The smallest absolute Gasteiger partial charge is 0.303 e. The predicted octanol–water partition coefficient (Wildman–Crippen LogP) is 4.17. The maximum Gasteiger partial charge on any atom is 0.303 e. The van der Waals surface area contributed by atoms with E-state index in [1.165, 1.54) is 0 Å². The Kier molecular flexibility index (Phi) is 3.54. The van der Waals surface area contributed by atoms with Crippen molar-refractivity contribution in [2.75, 3.05) is 0 Å². The highest BCUT2D eigenvalue weighted by atomic mass is 79.9. The minimum absolute atomic E-state index is 0.181. The molecule has 1 aromatic carbocycles. The Morgan fingerprint density at radius 2 is 2.15 bits per heavy atom. The lowest BCUT2D eigenvalue weighted by molar-refractivity contribution is -0.139. The number of hydrogen-bond acceptors (Lipinski definition) is 3. The number of carboxylic acid groups (broad SMARTS) is 1. The molecule has 4 nitrogen and oxygen atoms in total. The lowest BCUT2D eigenvalue weighted by Crippen LogP contribution is -2.23. The number of rotatable bonds is 4. The molecule has 1 saturated carbocycles. The maximum absolute atomic E-state index is 11.1. The van der Waals surface area contributed by atoms with Crippen molar-refractivity contribution in [3.05, 3.63) is 28.6 Å². The van der Waals surface area contributed by atoms with Crippen LogP contribution < -0.4 is 0 Å². The second-order valence-corrected chi connectivity index (χ2v) is 6.50. The number of fused-ring (bicyclic) bond motifs is 1. The Balaban J connectivity index is 1.90. The van der Waals surface area contributed by atoms with Crippen molar-refractivity contribution in [3.8, 4) is 0 Å². The standard InChI is InChI=1S/C15H16BrNO3/c16-10-4-3-5-11-14(10)20-12(17-11)8-15(9-13(18)19)6-1-2-7-15/h3-5H,1-2,6-9H2,(H,18,19). The summed E-state index contributed by atoms with van der Waals surface area (Å²) >= 11 is 3.45. The molecular weight excluding hydrogens is 322 g/mol. The number of oxazole rings is 1. The fraction of sp³-hybridized carbons (Fsp3) is 0.467. The van der Waals surface area contributed by atoms with Crippen molar-refractivity contribution >= 4 is 33.0 Å². The molecule has 5 heteroatoms. The second-order valence-electron chi connectivity index (χ2n) is 5.65. The zero-order valence-corrected chi connectivity index (χ0v) is 12.6. The maximum atomic E-state index is 11.1. The van der Waals surface area contributed by atoms with Gasteiger partial charge in [-0.15, -0.1) is 0 Å². The van der Waals surface area contributed by atoms with Crippen LogP contribution in [0.4, 0.5) is 0 Å². The summed E-state index contributed by atoms with van der Waals surface area (Å²) in [5.41, 5.74) is 1.38. The van der Waals surface area contributed by atoms with Gasteiger partial charge in [-0.25, -0.2) is 4.98 Å². The Bertz CT molecular complexity index is 644. The van der Waals surface area contributed by atoms with E-state index in [-0.39, 0.29) is 11.8 Å². The number of nitrogens with zero attached hydrogens (tertiary/aromatic N) is 1. The van der Waals surface area contributed by atoms with Crippen LogP contribution in [-0.4, -0.2) is 16.1 Å². The lowest BCUT2D eigenvalue weighted by atomic mass is 9.79. The molecule has 1 fully saturated rings. The van der Waals surface area contributed by atoms with Crippen LogP contribution in [0.15, 0.2) is 27.1 Å². The number of halogens is 1. The van der Waals surface area contributed by atoms with Crippen LogP contribution in [0.3, 0.4) is 0 Å². The molecule has 1 heterocycles. The zero-order valence-electron chi connectivity index (χ0n) is 11.1. The van der Waals surface area contributed by atoms with Crippen molar-refractivity contribution < 1.29 is 14.3 Å². The van der Waals surface area contributed by atoms with Crippen LogP contribution in [0.25, 0.3) is 11.1 Å². The predicted molar refractivity (Wildman–Crippen MR) is 78.6 cm³/mol. The molecule has 1 aliphatic rings. The van der Waals surface area contributed by atoms with E-state index < -0.39 is 5.97 Å². The number of benzene rings is 1. The highest BCUT2D eigenvalue weighted by molar-refractivity contribution is 9.10. The van der Waals surface area contributed by atoms with Crippen molar-refractivity contribution in [2.45, 2.75) is 38.5 Å². The Labute approximate surface area is 125 Å². The summed E-state index contributed by atoms with van der Waals surface area (Å²) in [6.07, 6.45) is 4.89. The van der Waals surface area contributed by atoms with Gasteiger partial charge in [0.15, 0.2) is 11.5 Å². The first-order valence-corrected chi connectivity index (χ1v) is 7.63. The first kappa shape index (κ1) is 13.6. The molecule has 0 radical (unpaired) electrons. The molecular formula is C15H16BrNO3. The number of aromatic nitrogens is 1. The summed E-state index contributed by atoms with van der Waals surface area (Å²) in [5.74, 6) is -0.0840. The average Bonchev–Trinajstić information content (AvgIpc) is 2.96. The third kappa shape index (κ3) is 2.59. The summed E-state index contributed by atoms with van der Waals surface area (Å²) < 4.78 is 6.70. The van der Waals surface area contributed by atoms with Gasteiger partial charge >= 0.3 is 5.97 Å². The fourth-order valence-corrected chi connectivity index (χ4v) is 3.66. The molecule has 106 valence electrons. The number of para-hydroxylation sites is 1. The third-order valence-corrected chi connectivity index (χ3v) is 4.75. The minimum Gasteiger partial charge on any atom is -0.481 e. The van der Waals surface area contributed by atoms with Gasteiger partial charge in [0.05, 0.1) is 10.9 Å². The number of carboxylic acids is 1. The van der Waals surface area contributed by atoms with Crippen molar-refractivity contribution in [3.63, 3.8) is 0 Å². The van der Waals surface area contributed by atoms with Crippen molar-refractivity contribution in [1.29, 1.82) is 0 Å². The van der Waals surface area contributed by atoms with E-state index in [1.54, 1.807) is 0 Å². The summed E-state index contributed by atoms with van der Waals surface area (Å²) in [5, 5.41) is 9.14. The second kappa shape index (κ2) is 5.20. The van der Waals surface area contributed by atoms with E-state index in [2.05, 4.69) is 20.9 Å². The highest BCUT2D eigenvalue weighted by Gasteiger charge is 2.37. The van der Waals surface area contributed by atoms with Gasteiger partial charge in [-0.05, 0) is 46.3 Å². The van der Waals surface area contributed by atoms with Gasteiger partial charge in [0, 0.05) is 6.42 Å².